The average molecular weight is 500 g/mol. The number of anilines is 1. The largest absolute Gasteiger partial charge is 0.481 e. The van der Waals surface area contributed by atoms with Gasteiger partial charge in [-0.1, -0.05) is 0 Å². The highest BCUT2D eigenvalue weighted by molar-refractivity contribution is 5.92. The molecule has 1 N–H and O–H groups in total. The molecule has 0 saturated heterocycles. The fourth-order valence-electron chi connectivity index (χ4n) is 2.93. The quantitative estimate of drug-likeness (QED) is 0.315. The van der Waals surface area contributed by atoms with Crippen LogP contribution in [-0.2, 0) is 18.0 Å². The second kappa shape index (κ2) is 9.36. The predicted molar refractivity (Wildman–Crippen MR) is 109 cm³/mol. The van der Waals surface area contributed by atoms with Crippen molar-refractivity contribution in [3.63, 3.8) is 0 Å². The van der Waals surface area contributed by atoms with Crippen LogP contribution in [0, 0.1) is 21.7 Å². The van der Waals surface area contributed by atoms with Crippen molar-refractivity contribution in [2.45, 2.75) is 6.18 Å². The van der Waals surface area contributed by atoms with Gasteiger partial charge >= 0.3 is 11.9 Å². The molecule has 0 aliphatic heterocycles. The van der Waals surface area contributed by atoms with Crippen molar-refractivity contribution >= 4 is 17.3 Å². The summed E-state index contributed by atoms with van der Waals surface area (Å²) in [6, 6.07) is 5.12. The third kappa shape index (κ3) is 5.34. The fraction of sp³-hybridized carbons (Fsp3) is 0.150. The lowest BCUT2D eigenvalue weighted by Crippen LogP contribution is -2.40. The van der Waals surface area contributed by atoms with Gasteiger partial charge in [0, 0.05) is 19.2 Å². The third-order valence-corrected chi connectivity index (χ3v) is 4.58. The second-order valence-electron chi connectivity index (χ2n) is 6.92. The van der Waals surface area contributed by atoms with E-state index in [1.807, 2.05) is 0 Å². The van der Waals surface area contributed by atoms with Gasteiger partial charge in [-0.15, -0.1) is 0 Å². The monoisotopic (exact) mass is 500 g/mol. The Balaban J connectivity index is 1.84. The highest BCUT2D eigenvalue weighted by Crippen LogP contribution is 2.27. The standard InChI is InChI=1S/C20H13F5N4O6/c1-27-16(20(23,24)25)8-18(31)28(19(27)32)10-2-4-12(21)14(7-10)26-17(30)9-35-15-5-3-11(29(33)34)6-13(15)22/h2-8H,9H2,1H3,(H,26,30). The smallest absolute Gasteiger partial charge is 0.431 e. The van der Waals surface area contributed by atoms with Crippen molar-refractivity contribution in [1.29, 1.82) is 0 Å². The summed E-state index contributed by atoms with van der Waals surface area (Å²) in [6.45, 7) is -0.861. The Kier molecular flexibility index (Phi) is 6.70. The highest BCUT2D eigenvalue weighted by Gasteiger charge is 2.35. The molecule has 15 heteroatoms. The van der Waals surface area contributed by atoms with Crippen LogP contribution in [0.3, 0.4) is 0 Å². The van der Waals surface area contributed by atoms with E-state index in [9.17, 15) is 46.5 Å². The zero-order valence-corrected chi connectivity index (χ0v) is 17.4. The number of carbonyl (C=O) groups excluding carboxylic acids is 1. The van der Waals surface area contributed by atoms with Gasteiger partial charge in [0.15, 0.2) is 18.2 Å². The average Bonchev–Trinajstić information content (AvgIpc) is 2.76. The van der Waals surface area contributed by atoms with Crippen LogP contribution in [0.4, 0.5) is 33.3 Å². The molecule has 184 valence electrons. The number of ether oxygens (including phenoxy) is 1. The fourth-order valence-corrected chi connectivity index (χ4v) is 2.93. The van der Waals surface area contributed by atoms with E-state index in [0.717, 1.165) is 37.4 Å². The number of nitro benzene ring substituents is 1. The number of hydrogen-bond donors (Lipinski definition) is 1. The summed E-state index contributed by atoms with van der Waals surface area (Å²) in [5, 5.41) is 12.7. The molecule has 35 heavy (non-hydrogen) atoms. The minimum atomic E-state index is -4.97. The van der Waals surface area contributed by atoms with E-state index in [4.69, 9.17) is 4.74 Å². The molecule has 0 spiro atoms. The number of benzene rings is 2. The number of amides is 1. The van der Waals surface area contributed by atoms with Gasteiger partial charge in [0.05, 0.1) is 22.4 Å². The lowest BCUT2D eigenvalue weighted by molar-refractivity contribution is -0.385. The van der Waals surface area contributed by atoms with E-state index in [1.165, 1.54) is 0 Å². The highest BCUT2D eigenvalue weighted by atomic mass is 19.4. The van der Waals surface area contributed by atoms with E-state index < -0.39 is 69.3 Å². The zero-order valence-electron chi connectivity index (χ0n) is 17.4. The van der Waals surface area contributed by atoms with E-state index in [2.05, 4.69) is 5.32 Å². The molecule has 2 aromatic carbocycles. The molecule has 10 nitrogen and oxygen atoms in total. The Morgan fingerprint density at radius 1 is 1.09 bits per heavy atom. The Bertz CT molecular complexity index is 1450. The van der Waals surface area contributed by atoms with Crippen molar-refractivity contribution in [1.82, 2.24) is 9.13 Å². The number of nitro groups is 1. The summed E-state index contributed by atoms with van der Waals surface area (Å²) in [6.07, 6.45) is -4.97. The molecule has 1 amide bonds. The van der Waals surface area contributed by atoms with Crippen LogP contribution in [0.2, 0.25) is 0 Å². The molecule has 0 aliphatic rings. The van der Waals surface area contributed by atoms with Gasteiger partial charge in [0.25, 0.3) is 17.2 Å². The Hall–Kier alpha value is -4.56. The van der Waals surface area contributed by atoms with Crippen LogP contribution in [-0.4, -0.2) is 26.6 Å². The summed E-state index contributed by atoms with van der Waals surface area (Å²) in [5.74, 6) is -3.68. The van der Waals surface area contributed by atoms with E-state index in [-0.39, 0.29) is 16.3 Å². The molecule has 1 heterocycles. The van der Waals surface area contributed by atoms with Crippen molar-refractivity contribution in [3.8, 4) is 11.4 Å². The number of aromatic nitrogens is 2. The van der Waals surface area contributed by atoms with Gasteiger partial charge in [0.2, 0.25) is 0 Å². The summed E-state index contributed by atoms with van der Waals surface area (Å²) in [4.78, 5) is 46.5. The maximum Gasteiger partial charge on any atom is 0.431 e. The van der Waals surface area contributed by atoms with Gasteiger partial charge in [-0.3, -0.25) is 24.3 Å². The van der Waals surface area contributed by atoms with E-state index in [0.29, 0.717) is 10.6 Å². The first-order valence-electron chi connectivity index (χ1n) is 9.36. The van der Waals surface area contributed by atoms with Crippen LogP contribution in [0.1, 0.15) is 5.69 Å². The van der Waals surface area contributed by atoms with Gasteiger partial charge in [-0.2, -0.15) is 13.2 Å². The van der Waals surface area contributed by atoms with E-state index >= 15 is 0 Å². The first-order chi connectivity index (χ1) is 16.3. The Morgan fingerprint density at radius 3 is 2.37 bits per heavy atom. The SMILES string of the molecule is Cn1c(C(F)(F)F)cc(=O)n(-c2ccc(F)c(NC(=O)COc3ccc([N+](=O)[O-])cc3F)c2)c1=O. The maximum atomic E-state index is 14.2. The predicted octanol–water partition coefficient (Wildman–Crippen LogP) is 2.76. The van der Waals surface area contributed by atoms with Crippen LogP contribution in [0.25, 0.3) is 5.69 Å². The number of nitrogens with one attached hydrogen (secondary N) is 1. The molecule has 3 rings (SSSR count). The normalized spacial score (nSPS) is 11.3. The number of carbonyl (C=O) groups is 1. The minimum absolute atomic E-state index is 0.190. The first-order valence-corrected chi connectivity index (χ1v) is 9.36. The number of non-ortho nitro benzene ring substituents is 1. The third-order valence-electron chi connectivity index (χ3n) is 4.58. The number of alkyl halides is 3. The molecule has 0 radical (unpaired) electrons. The van der Waals surface area contributed by atoms with Crippen LogP contribution in [0.15, 0.2) is 52.1 Å². The molecule has 0 bridgehead atoms. The molecule has 0 atom stereocenters. The maximum absolute atomic E-state index is 14.2. The van der Waals surface area contributed by atoms with Crippen molar-refractivity contribution in [3.05, 3.63) is 90.7 Å². The first kappa shape index (κ1) is 25.1. The number of nitrogens with zero attached hydrogens (tertiary/aromatic N) is 3. The lowest BCUT2D eigenvalue weighted by atomic mass is 10.2. The molecular weight excluding hydrogens is 487 g/mol. The van der Waals surface area contributed by atoms with Crippen molar-refractivity contribution in [2.24, 2.45) is 7.05 Å². The molecule has 0 unspecified atom stereocenters. The van der Waals surface area contributed by atoms with Gasteiger partial charge in [-0.25, -0.2) is 18.1 Å². The lowest BCUT2D eigenvalue weighted by Gasteiger charge is -2.15. The molecule has 0 saturated carbocycles. The summed E-state index contributed by atoms with van der Waals surface area (Å²) >= 11 is 0. The van der Waals surface area contributed by atoms with Crippen LogP contribution in [0.5, 0.6) is 5.75 Å². The zero-order chi connectivity index (χ0) is 26.1. The van der Waals surface area contributed by atoms with Gasteiger partial charge < -0.3 is 10.1 Å². The van der Waals surface area contributed by atoms with Crippen molar-refractivity contribution in [2.75, 3.05) is 11.9 Å². The van der Waals surface area contributed by atoms with Gasteiger partial charge in [0.1, 0.15) is 11.5 Å². The second-order valence-corrected chi connectivity index (χ2v) is 6.92. The summed E-state index contributed by atoms with van der Waals surface area (Å²) in [7, 11) is 0.794. The summed E-state index contributed by atoms with van der Waals surface area (Å²) in [5.41, 5.74) is -5.66. The van der Waals surface area contributed by atoms with Crippen LogP contribution < -0.4 is 21.3 Å². The molecule has 3 aromatic rings. The molecule has 1 aromatic heterocycles. The number of hydrogen-bond acceptors (Lipinski definition) is 6. The Labute approximate surface area is 190 Å². The number of rotatable bonds is 6. The number of halogens is 5. The minimum Gasteiger partial charge on any atom is -0.481 e. The topological polar surface area (TPSA) is 125 Å². The molecule has 0 fully saturated rings. The van der Waals surface area contributed by atoms with Crippen LogP contribution >= 0.6 is 0 Å². The molecule has 0 aliphatic carbocycles. The molecular formula is C20H13F5N4O6. The summed E-state index contributed by atoms with van der Waals surface area (Å²) < 4.78 is 72.5. The van der Waals surface area contributed by atoms with E-state index in [1.54, 1.807) is 0 Å². The Morgan fingerprint density at radius 2 is 1.77 bits per heavy atom. The van der Waals surface area contributed by atoms with Crippen molar-refractivity contribution < 1.29 is 36.4 Å². The van der Waals surface area contributed by atoms with Gasteiger partial charge in [-0.05, 0) is 24.3 Å².